The second kappa shape index (κ2) is 10.4. The number of piperidine rings is 1. The van der Waals surface area contributed by atoms with Gasteiger partial charge in [-0.1, -0.05) is 13.8 Å². The SMILES string of the molecule is CC(C)CCNC(=O)NC(=O)CN1CCC(C(=O)c2ccc3c(c2)OCCO3)CC1. The highest BCUT2D eigenvalue weighted by molar-refractivity contribution is 5.98. The molecule has 2 N–H and O–H groups in total. The van der Waals surface area contributed by atoms with Gasteiger partial charge in [0, 0.05) is 18.0 Å². The predicted octanol–water partition coefficient (Wildman–Crippen LogP) is 2.22. The van der Waals surface area contributed by atoms with Crippen molar-refractivity contribution in [1.82, 2.24) is 15.5 Å². The first-order chi connectivity index (χ1) is 14.4. The van der Waals surface area contributed by atoms with Crippen LogP contribution in [0.5, 0.6) is 11.5 Å². The van der Waals surface area contributed by atoms with E-state index in [1.807, 2.05) is 4.90 Å². The van der Waals surface area contributed by atoms with Crippen LogP contribution in [0.25, 0.3) is 0 Å². The second-order valence-electron chi connectivity index (χ2n) is 8.26. The number of ether oxygens (including phenoxy) is 2. The molecule has 0 aliphatic carbocycles. The third-order valence-electron chi connectivity index (χ3n) is 5.41. The van der Waals surface area contributed by atoms with Gasteiger partial charge >= 0.3 is 6.03 Å². The van der Waals surface area contributed by atoms with Crippen LogP contribution in [0.15, 0.2) is 18.2 Å². The van der Waals surface area contributed by atoms with E-state index in [2.05, 4.69) is 24.5 Å². The number of carbonyl (C=O) groups is 3. The van der Waals surface area contributed by atoms with E-state index in [-0.39, 0.29) is 24.2 Å². The lowest BCUT2D eigenvalue weighted by atomic mass is 9.88. The van der Waals surface area contributed by atoms with Gasteiger partial charge in [0.05, 0.1) is 6.54 Å². The number of rotatable bonds is 7. The van der Waals surface area contributed by atoms with Gasteiger partial charge in [-0.15, -0.1) is 0 Å². The quantitative estimate of drug-likeness (QED) is 0.661. The van der Waals surface area contributed by atoms with E-state index in [9.17, 15) is 14.4 Å². The summed E-state index contributed by atoms with van der Waals surface area (Å²) in [4.78, 5) is 38.7. The van der Waals surface area contributed by atoms with Gasteiger partial charge in [0.15, 0.2) is 17.3 Å². The summed E-state index contributed by atoms with van der Waals surface area (Å²) >= 11 is 0. The van der Waals surface area contributed by atoms with E-state index in [0.717, 1.165) is 6.42 Å². The van der Waals surface area contributed by atoms with E-state index in [0.29, 0.717) is 68.7 Å². The van der Waals surface area contributed by atoms with Crippen LogP contribution in [-0.4, -0.2) is 62.0 Å². The third kappa shape index (κ3) is 6.19. The first-order valence-electron chi connectivity index (χ1n) is 10.7. The Morgan fingerprint density at radius 2 is 1.80 bits per heavy atom. The van der Waals surface area contributed by atoms with Crippen LogP contribution < -0.4 is 20.1 Å². The highest BCUT2D eigenvalue weighted by atomic mass is 16.6. The van der Waals surface area contributed by atoms with Gasteiger partial charge in [0.2, 0.25) is 5.91 Å². The molecular weight excluding hydrogens is 386 g/mol. The molecule has 0 bridgehead atoms. The first kappa shape index (κ1) is 22.1. The third-order valence-corrected chi connectivity index (χ3v) is 5.41. The molecule has 0 atom stereocenters. The van der Waals surface area contributed by atoms with Crippen molar-refractivity contribution >= 4 is 17.7 Å². The van der Waals surface area contributed by atoms with Crippen molar-refractivity contribution < 1.29 is 23.9 Å². The molecule has 8 nitrogen and oxygen atoms in total. The monoisotopic (exact) mass is 417 g/mol. The summed E-state index contributed by atoms with van der Waals surface area (Å²) in [5, 5.41) is 5.06. The molecule has 1 fully saturated rings. The number of ketones is 1. The molecule has 0 spiro atoms. The summed E-state index contributed by atoms with van der Waals surface area (Å²) in [6, 6.07) is 4.87. The molecule has 8 heteroatoms. The Morgan fingerprint density at radius 1 is 1.10 bits per heavy atom. The minimum atomic E-state index is -0.454. The molecular formula is C22H31N3O5. The number of Topliss-reactive ketones (excluding diaryl/α,β-unsaturated/α-hetero) is 1. The zero-order chi connectivity index (χ0) is 21.5. The van der Waals surface area contributed by atoms with Crippen LogP contribution in [0, 0.1) is 11.8 Å². The molecule has 2 aliphatic heterocycles. The minimum Gasteiger partial charge on any atom is -0.486 e. The fourth-order valence-electron chi connectivity index (χ4n) is 3.67. The number of nitrogens with zero attached hydrogens (tertiary/aromatic N) is 1. The van der Waals surface area contributed by atoms with Crippen LogP contribution in [0.3, 0.4) is 0 Å². The number of nitrogens with one attached hydrogen (secondary N) is 2. The van der Waals surface area contributed by atoms with E-state index in [4.69, 9.17) is 9.47 Å². The van der Waals surface area contributed by atoms with Crippen molar-refractivity contribution in [3.05, 3.63) is 23.8 Å². The molecule has 2 aliphatic rings. The van der Waals surface area contributed by atoms with Gasteiger partial charge in [0.25, 0.3) is 0 Å². The van der Waals surface area contributed by atoms with Gasteiger partial charge in [-0.2, -0.15) is 0 Å². The Labute approximate surface area is 177 Å². The molecule has 0 aromatic heterocycles. The van der Waals surface area contributed by atoms with Gasteiger partial charge < -0.3 is 14.8 Å². The topological polar surface area (TPSA) is 97.0 Å². The Morgan fingerprint density at radius 3 is 2.50 bits per heavy atom. The number of imide groups is 1. The molecule has 0 saturated carbocycles. The van der Waals surface area contributed by atoms with Crippen molar-refractivity contribution in [2.75, 3.05) is 39.4 Å². The van der Waals surface area contributed by atoms with Crippen LogP contribution in [0.2, 0.25) is 0 Å². The number of hydrogen-bond acceptors (Lipinski definition) is 6. The zero-order valence-corrected chi connectivity index (χ0v) is 17.7. The maximum absolute atomic E-state index is 12.9. The summed E-state index contributed by atoms with van der Waals surface area (Å²) in [7, 11) is 0. The molecule has 164 valence electrons. The van der Waals surface area contributed by atoms with Crippen molar-refractivity contribution in [3.63, 3.8) is 0 Å². The molecule has 0 radical (unpaired) electrons. The number of likely N-dealkylation sites (tertiary alicyclic amines) is 1. The summed E-state index contributed by atoms with van der Waals surface area (Å²) in [5.41, 5.74) is 0.633. The molecule has 3 amide bonds. The summed E-state index contributed by atoms with van der Waals surface area (Å²) in [6.07, 6.45) is 2.23. The fourth-order valence-corrected chi connectivity index (χ4v) is 3.67. The zero-order valence-electron chi connectivity index (χ0n) is 17.7. The van der Waals surface area contributed by atoms with Gasteiger partial charge in [-0.05, 0) is 56.5 Å². The number of amides is 3. The highest BCUT2D eigenvalue weighted by Gasteiger charge is 2.28. The predicted molar refractivity (Wildman–Crippen MR) is 112 cm³/mol. The lowest BCUT2D eigenvalue weighted by Gasteiger charge is -2.30. The van der Waals surface area contributed by atoms with Gasteiger partial charge in [-0.25, -0.2) is 4.79 Å². The molecule has 1 saturated heterocycles. The average molecular weight is 418 g/mol. The number of hydrogen-bond donors (Lipinski definition) is 2. The Kier molecular flexibility index (Phi) is 7.68. The number of carbonyl (C=O) groups excluding carboxylic acids is 3. The summed E-state index contributed by atoms with van der Waals surface area (Å²) < 4.78 is 11.1. The van der Waals surface area contributed by atoms with Gasteiger partial charge in [-0.3, -0.25) is 19.8 Å². The fraction of sp³-hybridized carbons (Fsp3) is 0.591. The normalized spacial score (nSPS) is 16.9. The molecule has 3 rings (SSSR count). The van der Waals surface area contributed by atoms with E-state index in [1.54, 1.807) is 18.2 Å². The first-order valence-corrected chi connectivity index (χ1v) is 10.7. The minimum absolute atomic E-state index is 0.0776. The molecule has 1 aromatic rings. The molecule has 0 unspecified atom stereocenters. The van der Waals surface area contributed by atoms with Gasteiger partial charge in [0.1, 0.15) is 13.2 Å². The van der Waals surface area contributed by atoms with Crippen molar-refractivity contribution in [3.8, 4) is 11.5 Å². The van der Waals surface area contributed by atoms with Crippen molar-refractivity contribution in [1.29, 1.82) is 0 Å². The summed E-state index contributed by atoms with van der Waals surface area (Å²) in [5.74, 6) is 1.48. The van der Waals surface area contributed by atoms with Crippen LogP contribution in [-0.2, 0) is 4.79 Å². The standard InChI is InChI=1S/C22H31N3O5/c1-15(2)5-8-23-22(28)24-20(26)14-25-9-6-16(7-10-25)21(27)17-3-4-18-19(13-17)30-12-11-29-18/h3-4,13,15-16H,5-12,14H2,1-2H3,(H2,23,24,26,28). The number of fused-ring (bicyclic) bond motifs is 1. The number of benzene rings is 1. The van der Waals surface area contributed by atoms with Crippen LogP contribution in [0.1, 0.15) is 43.5 Å². The van der Waals surface area contributed by atoms with Crippen LogP contribution >= 0.6 is 0 Å². The van der Waals surface area contributed by atoms with Crippen molar-refractivity contribution in [2.45, 2.75) is 33.1 Å². The average Bonchev–Trinajstić information content (AvgIpc) is 2.73. The molecule has 30 heavy (non-hydrogen) atoms. The van der Waals surface area contributed by atoms with Crippen molar-refractivity contribution in [2.24, 2.45) is 11.8 Å². The van der Waals surface area contributed by atoms with Crippen LogP contribution in [0.4, 0.5) is 4.79 Å². The maximum Gasteiger partial charge on any atom is 0.321 e. The second-order valence-corrected chi connectivity index (χ2v) is 8.26. The van der Waals surface area contributed by atoms with E-state index < -0.39 is 6.03 Å². The molecule has 1 aromatic carbocycles. The largest absolute Gasteiger partial charge is 0.486 e. The smallest absolute Gasteiger partial charge is 0.321 e. The Hall–Kier alpha value is -2.61. The highest BCUT2D eigenvalue weighted by Crippen LogP contribution is 2.32. The summed E-state index contributed by atoms with van der Waals surface area (Å²) in [6.45, 7) is 7.14. The number of urea groups is 1. The maximum atomic E-state index is 12.9. The lowest BCUT2D eigenvalue weighted by molar-refractivity contribution is -0.121. The van der Waals surface area contributed by atoms with E-state index >= 15 is 0 Å². The Balaban J connectivity index is 1.41. The molecule has 2 heterocycles. The van der Waals surface area contributed by atoms with E-state index in [1.165, 1.54) is 0 Å². The Bertz CT molecular complexity index is 772. The lowest BCUT2D eigenvalue weighted by Crippen LogP contribution is -2.47.